The van der Waals surface area contributed by atoms with Gasteiger partial charge in [-0.3, -0.25) is 0 Å². The van der Waals surface area contributed by atoms with Crippen LogP contribution in [0.4, 0.5) is 5.13 Å². The number of nitrogens with zero attached hydrogens (tertiary/aromatic N) is 2. The third-order valence-electron chi connectivity index (χ3n) is 3.48. The quantitative estimate of drug-likeness (QED) is 0.903. The maximum absolute atomic E-state index is 11.8. The van der Waals surface area contributed by atoms with Gasteiger partial charge in [0.05, 0.1) is 5.25 Å². The summed E-state index contributed by atoms with van der Waals surface area (Å²) in [6.45, 7) is 1.76. The van der Waals surface area contributed by atoms with Crippen LogP contribution in [0.2, 0.25) is 0 Å². The predicted molar refractivity (Wildman–Crippen MR) is 72.4 cm³/mol. The molecule has 0 spiro atoms. The van der Waals surface area contributed by atoms with Gasteiger partial charge in [0.15, 0.2) is 5.13 Å². The maximum Gasteiger partial charge on any atom is 0.214 e. The summed E-state index contributed by atoms with van der Waals surface area (Å²) in [6.07, 6.45) is 5.19. The smallest absolute Gasteiger partial charge is 0.214 e. The molecular weight excluding hydrogens is 270 g/mol. The minimum atomic E-state index is -3.04. The Morgan fingerprint density at radius 1 is 1.28 bits per heavy atom. The normalized spacial score (nSPS) is 22.3. The van der Waals surface area contributed by atoms with E-state index in [1.165, 1.54) is 0 Å². The fourth-order valence-electron chi connectivity index (χ4n) is 2.27. The van der Waals surface area contributed by atoms with Crippen molar-refractivity contribution in [2.75, 3.05) is 18.0 Å². The summed E-state index contributed by atoms with van der Waals surface area (Å²) in [5.41, 5.74) is 0. The zero-order valence-corrected chi connectivity index (χ0v) is 11.7. The van der Waals surface area contributed by atoms with E-state index in [1.54, 1.807) is 11.3 Å². The van der Waals surface area contributed by atoms with Gasteiger partial charge in [-0.1, -0.05) is 0 Å². The van der Waals surface area contributed by atoms with Crippen molar-refractivity contribution < 1.29 is 8.42 Å². The van der Waals surface area contributed by atoms with Crippen LogP contribution in [0.25, 0.3) is 0 Å². The third kappa shape index (κ3) is 2.67. The van der Waals surface area contributed by atoms with Gasteiger partial charge in [0, 0.05) is 30.7 Å². The van der Waals surface area contributed by atoms with Gasteiger partial charge >= 0.3 is 0 Å². The Hall–Kier alpha value is -0.660. The van der Waals surface area contributed by atoms with E-state index in [9.17, 15) is 8.42 Å². The summed E-state index contributed by atoms with van der Waals surface area (Å²) in [5.74, 6) is 0. The van der Waals surface area contributed by atoms with Gasteiger partial charge in [0.2, 0.25) is 10.0 Å². The van der Waals surface area contributed by atoms with Gasteiger partial charge in [-0.25, -0.2) is 18.1 Å². The van der Waals surface area contributed by atoms with Crippen LogP contribution in [-0.2, 0) is 10.0 Å². The molecule has 0 radical (unpaired) electrons. The summed E-state index contributed by atoms with van der Waals surface area (Å²) < 4.78 is 26.5. The first-order valence-corrected chi connectivity index (χ1v) is 8.73. The molecule has 1 aromatic rings. The van der Waals surface area contributed by atoms with E-state index in [1.807, 2.05) is 11.6 Å². The lowest BCUT2D eigenvalue weighted by atomic mass is 10.1. The van der Waals surface area contributed by atoms with Gasteiger partial charge in [0.25, 0.3) is 0 Å². The van der Waals surface area contributed by atoms with Crippen LogP contribution in [0.3, 0.4) is 0 Å². The van der Waals surface area contributed by atoms with Crippen molar-refractivity contribution in [3.63, 3.8) is 0 Å². The molecule has 3 rings (SSSR count). The number of hydrogen-bond donors (Lipinski definition) is 1. The number of sulfonamides is 1. The van der Waals surface area contributed by atoms with Crippen molar-refractivity contribution in [2.24, 2.45) is 0 Å². The Kier molecular flexibility index (Phi) is 3.29. The van der Waals surface area contributed by atoms with E-state index in [4.69, 9.17) is 0 Å². The van der Waals surface area contributed by atoms with Crippen LogP contribution in [0.5, 0.6) is 0 Å². The molecule has 5 nitrogen and oxygen atoms in total. The molecule has 0 amide bonds. The minimum absolute atomic E-state index is 0.104. The molecular formula is C11H17N3O2S2. The molecule has 0 bridgehead atoms. The zero-order chi connectivity index (χ0) is 12.6. The lowest BCUT2D eigenvalue weighted by molar-refractivity contribution is 0.459. The number of aromatic nitrogens is 1. The molecule has 100 valence electrons. The number of nitrogens with one attached hydrogen (secondary N) is 1. The van der Waals surface area contributed by atoms with Crippen molar-refractivity contribution in [1.29, 1.82) is 0 Å². The first kappa shape index (κ1) is 12.4. The highest BCUT2D eigenvalue weighted by Gasteiger charge is 2.37. The fourth-order valence-corrected chi connectivity index (χ4v) is 4.61. The van der Waals surface area contributed by atoms with Gasteiger partial charge in [0.1, 0.15) is 0 Å². The van der Waals surface area contributed by atoms with E-state index in [0.29, 0.717) is 0 Å². The van der Waals surface area contributed by atoms with Gasteiger partial charge in [-0.05, 0) is 25.7 Å². The average Bonchev–Trinajstić information content (AvgIpc) is 3.08. The van der Waals surface area contributed by atoms with Gasteiger partial charge in [-0.2, -0.15) is 0 Å². The van der Waals surface area contributed by atoms with E-state index >= 15 is 0 Å². The molecule has 2 heterocycles. The minimum Gasteiger partial charge on any atom is -0.348 e. The molecule has 1 N–H and O–H groups in total. The molecule has 1 aliphatic heterocycles. The largest absolute Gasteiger partial charge is 0.348 e. The van der Waals surface area contributed by atoms with Crippen LogP contribution in [0.15, 0.2) is 11.6 Å². The van der Waals surface area contributed by atoms with Crippen molar-refractivity contribution in [3.05, 3.63) is 11.6 Å². The zero-order valence-electron chi connectivity index (χ0n) is 10.1. The number of hydrogen-bond acceptors (Lipinski definition) is 5. The SMILES string of the molecule is O=S(=O)(NC1CCN(c2nccs2)CC1)C1CC1. The molecule has 1 saturated heterocycles. The Morgan fingerprint density at radius 3 is 2.56 bits per heavy atom. The van der Waals surface area contributed by atoms with Crippen LogP contribution < -0.4 is 9.62 Å². The summed E-state index contributed by atoms with van der Waals surface area (Å²) in [5, 5.41) is 2.89. The molecule has 0 unspecified atom stereocenters. The van der Waals surface area contributed by atoms with Gasteiger partial charge in [-0.15, -0.1) is 11.3 Å². The van der Waals surface area contributed by atoms with E-state index in [-0.39, 0.29) is 11.3 Å². The molecule has 2 aliphatic rings. The van der Waals surface area contributed by atoms with Crippen molar-refractivity contribution in [3.8, 4) is 0 Å². The maximum atomic E-state index is 11.8. The van der Waals surface area contributed by atoms with Crippen molar-refractivity contribution in [1.82, 2.24) is 9.71 Å². The summed E-state index contributed by atoms with van der Waals surface area (Å²) in [4.78, 5) is 6.51. The number of anilines is 1. The Labute approximate surface area is 111 Å². The highest BCUT2D eigenvalue weighted by Crippen LogP contribution is 2.29. The fraction of sp³-hybridized carbons (Fsp3) is 0.727. The lowest BCUT2D eigenvalue weighted by Gasteiger charge is -2.31. The number of piperidine rings is 1. The molecule has 0 aromatic carbocycles. The van der Waals surface area contributed by atoms with Crippen molar-refractivity contribution in [2.45, 2.75) is 37.0 Å². The summed E-state index contributed by atoms with van der Waals surface area (Å²) in [7, 11) is -3.04. The molecule has 7 heteroatoms. The van der Waals surface area contributed by atoms with Crippen LogP contribution in [-0.4, -0.2) is 37.8 Å². The lowest BCUT2D eigenvalue weighted by Crippen LogP contribution is -2.45. The first-order valence-electron chi connectivity index (χ1n) is 6.31. The third-order valence-corrected chi connectivity index (χ3v) is 6.32. The Morgan fingerprint density at radius 2 is 2.00 bits per heavy atom. The van der Waals surface area contributed by atoms with E-state index in [2.05, 4.69) is 14.6 Å². The second-order valence-electron chi connectivity index (χ2n) is 4.94. The van der Waals surface area contributed by atoms with E-state index in [0.717, 1.165) is 43.9 Å². The predicted octanol–water partition coefficient (Wildman–Crippen LogP) is 1.19. The highest BCUT2D eigenvalue weighted by atomic mass is 32.2. The van der Waals surface area contributed by atoms with Crippen LogP contribution in [0, 0.1) is 0 Å². The summed E-state index contributed by atoms with van der Waals surface area (Å²) >= 11 is 1.63. The van der Waals surface area contributed by atoms with Crippen LogP contribution in [0.1, 0.15) is 25.7 Å². The number of thiazole rings is 1. The molecule has 18 heavy (non-hydrogen) atoms. The second kappa shape index (κ2) is 4.79. The first-order chi connectivity index (χ1) is 8.65. The molecule has 1 aliphatic carbocycles. The van der Waals surface area contributed by atoms with Gasteiger partial charge < -0.3 is 4.90 Å². The number of rotatable bonds is 4. The second-order valence-corrected chi connectivity index (χ2v) is 7.80. The molecule has 0 atom stereocenters. The van der Waals surface area contributed by atoms with Crippen LogP contribution >= 0.6 is 11.3 Å². The Balaban J connectivity index is 1.54. The Bertz CT molecular complexity index is 488. The van der Waals surface area contributed by atoms with E-state index < -0.39 is 10.0 Å². The highest BCUT2D eigenvalue weighted by molar-refractivity contribution is 7.90. The standard InChI is InChI=1S/C11H17N3O2S2/c15-18(16,10-1-2-10)13-9-3-6-14(7-4-9)11-12-5-8-17-11/h5,8-10,13H,1-4,6-7H2. The molecule has 1 aromatic heterocycles. The molecule has 1 saturated carbocycles. The average molecular weight is 287 g/mol. The van der Waals surface area contributed by atoms with Crippen molar-refractivity contribution >= 4 is 26.5 Å². The summed E-state index contributed by atoms with van der Waals surface area (Å²) in [6, 6.07) is 0.104. The molecule has 2 fully saturated rings. The topological polar surface area (TPSA) is 62.3 Å². The monoisotopic (exact) mass is 287 g/mol.